The number of ether oxygens (including phenoxy) is 1. The van der Waals surface area contributed by atoms with Crippen molar-refractivity contribution in [2.45, 2.75) is 57.7 Å². The second-order valence-electron chi connectivity index (χ2n) is 7.63. The number of allylic oxidation sites excluding steroid dienone is 5. The monoisotopic (exact) mass is 381 g/mol. The summed E-state index contributed by atoms with van der Waals surface area (Å²) >= 11 is 0. The molecule has 0 aromatic rings. The SMILES string of the molecule is CCCCC/C=C/C=C/C=C/C(O)CC(=O)OC(CC(=O)[O-])C[N+](C)(C)C. The van der Waals surface area contributed by atoms with E-state index in [4.69, 9.17) is 4.74 Å². The van der Waals surface area contributed by atoms with Crippen LogP contribution in [-0.4, -0.2) is 61.4 Å². The van der Waals surface area contributed by atoms with Crippen LogP contribution in [0.25, 0.3) is 0 Å². The molecule has 0 amide bonds. The second kappa shape index (κ2) is 14.2. The van der Waals surface area contributed by atoms with E-state index in [-0.39, 0.29) is 12.8 Å². The van der Waals surface area contributed by atoms with Gasteiger partial charge in [-0.3, -0.25) is 4.79 Å². The molecule has 1 N–H and O–H groups in total. The van der Waals surface area contributed by atoms with E-state index in [0.29, 0.717) is 11.0 Å². The number of aliphatic hydroxyl groups excluding tert-OH is 1. The lowest BCUT2D eigenvalue weighted by Crippen LogP contribution is -2.45. The second-order valence-corrected chi connectivity index (χ2v) is 7.63. The summed E-state index contributed by atoms with van der Waals surface area (Å²) in [5, 5.41) is 20.7. The van der Waals surface area contributed by atoms with E-state index < -0.39 is 24.1 Å². The third kappa shape index (κ3) is 17.3. The number of quaternary nitrogens is 1. The third-order valence-corrected chi connectivity index (χ3v) is 3.60. The molecule has 6 heteroatoms. The van der Waals surface area contributed by atoms with Crippen LogP contribution in [0.15, 0.2) is 36.5 Å². The molecule has 0 radical (unpaired) electrons. The molecule has 0 aromatic carbocycles. The molecule has 0 fully saturated rings. The fourth-order valence-corrected chi connectivity index (χ4v) is 2.42. The zero-order valence-electron chi connectivity index (χ0n) is 17.1. The molecule has 0 spiro atoms. The Hall–Kier alpha value is -1.92. The first-order valence-corrected chi connectivity index (χ1v) is 9.52. The zero-order chi connectivity index (χ0) is 20.7. The largest absolute Gasteiger partial charge is 0.550 e. The number of carboxylic acids is 1. The normalized spacial score (nSPS) is 14.9. The Labute approximate surface area is 163 Å². The van der Waals surface area contributed by atoms with E-state index >= 15 is 0 Å². The average molecular weight is 382 g/mol. The molecule has 2 unspecified atom stereocenters. The van der Waals surface area contributed by atoms with Gasteiger partial charge in [0.15, 0.2) is 6.10 Å². The molecule has 0 heterocycles. The minimum Gasteiger partial charge on any atom is -0.550 e. The summed E-state index contributed by atoms with van der Waals surface area (Å²) in [5.41, 5.74) is 0. The number of esters is 1. The number of carbonyl (C=O) groups excluding carboxylic acids is 2. The Balaban J connectivity index is 4.31. The summed E-state index contributed by atoms with van der Waals surface area (Å²) in [6.07, 6.45) is 13.2. The van der Waals surface area contributed by atoms with Crippen LogP contribution >= 0.6 is 0 Å². The molecule has 2 atom stereocenters. The third-order valence-electron chi connectivity index (χ3n) is 3.60. The van der Waals surface area contributed by atoms with Gasteiger partial charge in [0, 0.05) is 12.4 Å². The van der Waals surface area contributed by atoms with Crippen LogP contribution in [0.5, 0.6) is 0 Å². The fourth-order valence-electron chi connectivity index (χ4n) is 2.42. The lowest BCUT2D eigenvalue weighted by atomic mass is 10.2. The van der Waals surface area contributed by atoms with Crippen molar-refractivity contribution in [2.75, 3.05) is 27.7 Å². The summed E-state index contributed by atoms with van der Waals surface area (Å²) in [6.45, 7) is 2.52. The minimum atomic E-state index is -1.27. The number of hydrogen-bond acceptors (Lipinski definition) is 5. The van der Waals surface area contributed by atoms with Gasteiger partial charge in [-0.15, -0.1) is 0 Å². The Kier molecular flexibility index (Phi) is 13.2. The van der Waals surface area contributed by atoms with Gasteiger partial charge >= 0.3 is 5.97 Å². The van der Waals surface area contributed by atoms with Crippen molar-refractivity contribution >= 4 is 11.9 Å². The zero-order valence-corrected chi connectivity index (χ0v) is 17.1. The van der Waals surface area contributed by atoms with Crippen molar-refractivity contribution in [3.63, 3.8) is 0 Å². The van der Waals surface area contributed by atoms with Crippen LogP contribution in [0.2, 0.25) is 0 Å². The van der Waals surface area contributed by atoms with E-state index in [1.54, 1.807) is 12.2 Å². The van der Waals surface area contributed by atoms with Gasteiger partial charge in [0.1, 0.15) is 6.54 Å². The number of aliphatic carboxylic acids is 1. The first kappa shape index (κ1) is 25.1. The van der Waals surface area contributed by atoms with Crippen molar-refractivity contribution < 1.29 is 29.0 Å². The number of carbonyl (C=O) groups is 2. The van der Waals surface area contributed by atoms with Crippen LogP contribution in [-0.2, 0) is 14.3 Å². The van der Waals surface area contributed by atoms with E-state index in [2.05, 4.69) is 13.0 Å². The van der Waals surface area contributed by atoms with Gasteiger partial charge in [-0.2, -0.15) is 0 Å². The standard InChI is InChI=1S/C21H35NO5/c1-5-6-7-8-9-10-11-12-13-14-18(23)15-21(26)27-19(16-20(24)25)17-22(2,3)4/h9-14,18-19,23H,5-8,15-17H2,1-4H3/b10-9+,12-11+,14-13+. The number of rotatable bonds is 14. The van der Waals surface area contributed by atoms with E-state index in [0.717, 1.165) is 6.42 Å². The maximum absolute atomic E-state index is 11.9. The van der Waals surface area contributed by atoms with Crippen LogP contribution < -0.4 is 5.11 Å². The molecule has 0 saturated carbocycles. The van der Waals surface area contributed by atoms with Gasteiger partial charge in [-0.25, -0.2) is 0 Å². The van der Waals surface area contributed by atoms with Crippen molar-refractivity contribution in [1.82, 2.24) is 0 Å². The Bertz CT molecular complexity index is 517. The van der Waals surface area contributed by atoms with Crippen LogP contribution in [0, 0.1) is 0 Å². The van der Waals surface area contributed by atoms with Crippen molar-refractivity contribution in [2.24, 2.45) is 0 Å². The average Bonchev–Trinajstić information content (AvgIpc) is 2.50. The maximum atomic E-state index is 11.9. The van der Waals surface area contributed by atoms with E-state index in [1.807, 2.05) is 33.3 Å². The van der Waals surface area contributed by atoms with Gasteiger partial charge in [-0.05, 0) is 12.8 Å². The molecular formula is C21H35NO5. The highest BCUT2D eigenvalue weighted by Crippen LogP contribution is 2.07. The lowest BCUT2D eigenvalue weighted by molar-refractivity contribution is -0.873. The number of likely N-dealkylation sites (N-methyl/N-ethyl adjacent to an activating group) is 1. The molecule has 0 aliphatic carbocycles. The molecule has 0 saturated heterocycles. The van der Waals surface area contributed by atoms with Crippen molar-refractivity contribution in [1.29, 1.82) is 0 Å². The highest BCUT2D eigenvalue weighted by atomic mass is 16.5. The molecule has 0 rings (SSSR count). The van der Waals surface area contributed by atoms with Crippen LogP contribution in [0.4, 0.5) is 0 Å². The fraction of sp³-hybridized carbons (Fsp3) is 0.619. The predicted octanol–water partition coefficient (Wildman–Crippen LogP) is 1.74. The van der Waals surface area contributed by atoms with Crippen LogP contribution in [0.3, 0.4) is 0 Å². The highest BCUT2D eigenvalue weighted by Gasteiger charge is 2.23. The minimum absolute atomic E-state index is 0.224. The molecule has 0 aromatic heterocycles. The van der Waals surface area contributed by atoms with Gasteiger partial charge in [0.25, 0.3) is 0 Å². The molecule has 0 aliphatic rings. The summed E-state index contributed by atoms with van der Waals surface area (Å²) < 4.78 is 5.65. The van der Waals surface area contributed by atoms with Crippen molar-refractivity contribution in [3.05, 3.63) is 36.5 Å². The molecule has 6 nitrogen and oxygen atoms in total. The smallest absolute Gasteiger partial charge is 0.309 e. The molecule has 27 heavy (non-hydrogen) atoms. The first-order valence-electron chi connectivity index (χ1n) is 9.52. The number of hydrogen-bond donors (Lipinski definition) is 1. The van der Waals surface area contributed by atoms with Gasteiger partial charge in [0.2, 0.25) is 0 Å². The Morgan fingerprint density at radius 3 is 2.33 bits per heavy atom. The predicted molar refractivity (Wildman–Crippen MR) is 105 cm³/mol. The molecule has 0 aliphatic heterocycles. The van der Waals surface area contributed by atoms with E-state index in [9.17, 15) is 19.8 Å². The van der Waals surface area contributed by atoms with Crippen molar-refractivity contribution in [3.8, 4) is 0 Å². The lowest BCUT2D eigenvalue weighted by Gasteiger charge is -2.29. The summed E-state index contributed by atoms with van der Waals surface area (Å²) in [6, 6.07) is 0. The van der Waals surface area contributed by atoms with Gasteiger partial charge in [0.05, 0.1) is 33.7 Å². The Morgan fingerprint density at radius 1 is 1.07 bits per heavy atom. The van der Waals surface area contributed by atoms with E-state index in [1.165, 1.54) is 25.3 Å². The van der Waals surface area contributed by atoms with Gasteiger partial charge in [-0.1, -0.05) is 56.2 Å². The topological polar surface area (TPSA) is 86.7 Å². The summed E-state index contributed by atoms with van der Waals surface area (Å²) in [5.74, 6) is -1.90. The highest BCUT2D eigenvalue weighted by molar-refractivity contribution is 5.71. The molecule has 0 bridgehead atoms. The van der Waals surface area contributed by atoms with Crippen LogP contribution in [0.1, 0.15) is 45.4 Å². The summed E-state index contributed by atoms with van der Waals surface area (Å²) in [4.78, 5) is 22.7. The van der Waals surface area contributed by atoms with Gasteiger partial charge < -0.3 is 24.2 Å². The number of aliphatic hydroxyl groups is 1. The maximum Gasteiger partial charge on any atom is 0.309 e. The number of unbranched alkanes of at least 4 members (excludes halogenated alkanes) is 3. The molecular weight excluding hydrogens is 346 g/mol. The Morgan fingerprint density at radius 2 is 1.74 bits per heavy atom. The molecule has 154 valence electrons. The number of nitrogens with zero attached hydrogens (tertiary/aromatic N) is 1. The quantitative estimate of drug-likeness (QED) is 0.214. The number of carboxylic acid groups (broad SMARTS) is 1. The summed E-state index contributed by atoms with van der Waals surface area (Å²) in [7, 11) is 5.62. The first-order chi connectivity index (χ1) is 12.6.